The summed E-state index contributed by atoms with van der Waals surface area (Å²) in [4.78, 5) is 17.9. The third kappa shape index (κ3) is 3.57. The summed E-state index contributed by atoms with van der Waals surface area (Å²) in [5.41, 5.74) is 2.95. The first kappa shape index (κ1) is 16.2. The lowest BCUT2D eigenvalue weighted by Gasteiger charge is -2.30. The maximum absolute atomic E-state index is 12.1. The Morgan fingerprint density at radius 1 is 1.42 bits per heavy atom. The van der Waals surface area contributed by atoms with Crippen LogP contribution in [-0.4, -0.2) is 25.1 Å². The smallest absolute Gasteiger partial charge is 0.274 e. The van der Waals surface area contributed by atoms with Crippen LogP contribution in [0.2, 0.25) is 0 Å². The van der Waals surface area contributed by atoms with Crippen molar-refractivity contribution in [3.8, 4) is 0 Å². The van der Waals surface area contributed by atoms with Crippen LogP contribution in [0.15, 0.2) is 5.38 Å². The molecule has 0 saturated carbocycles. The second-order valence-corrected chi connectivity index (χ2v) is 6.27. The van der Waals surface area contributed by atoms with Crippen molar-refractivity contribution in [1.29, 1.82) is 0 Å². The number of carbonyl (C=O) groups excluding carboxylic acids is 1. The minimum absolute atomic E-state index is 0.0292. The quantitative estimate of drug-likeness (QED) is 0.770. The lowest BCUT2D eigenvalue weighted by molar-refractivity contribution is -0.0754. The predicted molar refractivity (Wildman–Crippen MR) is 80.6 cm³/mol. The van der Waals surface area contributed by atoms with Crippen molar-refractivity contribution in [2.45, 2.75) is 47.0 Å². The summed E-state index contributed by atoms with van der Waals surface area (Å²) >= 11 is 1.55. The molecule has 1 aliphatic carbocycles. The topological polar surface area (TPSA) is 29.5 Å². The molecule has 108 valence electrons. The highest BCUT2D eigenvalue weighted by molar-refractivity contribution is 7.12. The van der Waals surface area contributed by atoms with Crippen molar-refractivity contribution in [2.24, 2.45) is 5.41 Å². The Morgan fingerprint density at radius 3 is 2.63 bits per heavy atom. The second kappa shape index (κ2) is 6.53. The van der Waals surface area contributed by atoms with Gasteiger partial charge in [-0.2, -0.15) is 0 Å². The number of hydroxylamine groups is 2. The number of hydrogen-bond donors (Lipinski definition) is 0. The third-order valence-electron chi connectivity index (χ3n) is 3.46. The lowest BCUT2D eigenvalue weighted by atomic mass is 9.75. The van der Waals surface area contributed by atoms with Gasteiger partial charge in [0.2, 0.25) is 0 Å². The fourth-order valence-corrected chi connectivity index (χ4v) is 3.40. The molecule has 0 N–H and O–H groups in total. The van der Waals surface area contributed by atoms with E-state index in [-0.39, 0.29) is 5.91 Å². The molecule has 0 bridgehead atoms. The van der Waals surface area contributed by atoms with Gasteiger partial charge in [0.05, 0.1) is 12.0 Å². The largest absolute Gasteiger partial charge is 0.287 e. The van der Waals surface area contributed by atoms with Crippen molar-refractivity contribution < 1.29 is 9.63 Å². The highest BCUT2D eigenvalue weighted by Gasteiger charge is 2.30. The summed E-state index contributed by atoms with van der Waals surface area (Å²) in [7, 11) is 3.17. The van der Waals surface area contributed by atoms with Crippen LogP contribution >= 0.6 is 11.3 Å². The van der Waals surface area contributed by atoms with Crippen LogP contribution in [0, 0.1) is 5.41 Å². The van der Waals surface area contributed by atoms with Gasteiger partial charge < -0.3 is 0 Å². The van der Waals surface area contributed by atoms with Crippen LogP contribution in [0.1, 0.15) is 54.9 Å². The van der Waals surface area contributed by atoms with Crippen LogP contribution in [0.3, 0.4) is 0 Å². The van der Waals surface area contributed by atoms with Crippen molar-refractivity contribution in [3.63, 3.8) is 0 Å². The Morgan fingerprint density at radius 2 is 2.05 bits per heavy atom. The average molecular weight is 283 g/mol. The van der Waals surface area contributed by atoms with E-state index in [4.69, 9.17) is 4.84 Å². The minimum Gasteiger partial charge on any atom is -0.274 e. The van der Waals surface area contributed by atoms with Crippen LogP contribution in [0.5, 0.6) is 0 Å². The summed E-state index contributed by atoms with van der Waals surface area (Å²) in [6.07, 6.45) is 3.22. The number of thiophene rings is 1. The maximum Gasteiger partial charge on any atom is 0.287 e. The van der Waals surface area contributed by atoms with Gasteiger partial charge in [0, 0.05) is 7.05 Å². The van der Waals surface area contributed by atoms with Crippen LogP contribution in [-0.2, 0) is 17.7 Å². The molecule has 1 aliphatic rings. The molecule has 19 heavy (non-hydrogen) atoms. The van der Waals surface area contributed by atoms with E-state index in [1.807, 2.05) is 13.8 Å². The molecule has 1 amide bonds. The van der Waals surface area contributed by atoms with Crippen LogP contribution < -0.4 is 0 Å². The van der Waals surface area contributed by atoms with Gasteiger partial charge in [0.1, 0.15) is 0 Å². The zero-order valence-electron chi connectivity index (χ0n) is 12.9. The second-order valence-electron chi connectivity index (χ2n) is 5.39. The minimum atomic E-state index is -0.0292. The molecule has 0 radical (unpaired) electrons. The number of nitrogens with zero attached hydrogens (tertiary/aromatic N) is 1. The van der Waals surface area contributed by atoms with Gasteiger partial charge in [-0.15, -0.1) is 11.3 Å². The monoisotopic (exact) mass is 283 g/mol. The van der Waals surface area contributed by atoms with Gasteiger partial charge in [-0.1, -0.05) is 27.7 Å². The number of amides is 1. The van der Waals surface area contributed by atoms with Crippen LogP contribution in [0.4, 0.5) is 0 Å². The molecular weight excluding hydrogens is 258 g/mol. The standard InChI is InChI=1S/C13H19NO2S.C2H6/c1-13(2)6-5-10-9(7-13)8-17-11(10)12(15)14(3)16-4;1-2/h8H,5-7H2,1-4H3;1-2H3. The van der Waals surface area contributed by atoms with E-state index in [1.165, 1.54) is 23.3 Å². The molecule has 0 spiro atoms. The number of fused-ring (bicyclic) bond motifs is 1. The van der Waals surface area contributed by atoms with Gasteiger partial charge in [-0.3, -0.25) is 9.63 Å². The first-order chi connectivity index (χ1) is 8.94. The Bertz CT molecular complexity index is 437. The molecule has 1 heterocycles. The molecule has 1 aromatic rings. The summed E-state index contributed by atoms with van der Waals surface area (Å²) in [5, 5.41) is 3.43. The van der Waals surface area contributed by atoms with Gasteiger partial charge in [0.15, 0.2) is 0 Å². The highest BCUT2D eigenvalue weighted by atomic mass is 32.1. The van der Waals surface area contributed by atoms with Crippen molar-refractivity contribution >= 4 is 17.2 Å². The Balaban J connectivity index is 0.000000861. The molecule has 4 heteroatoms. The van der Waals surface area contributed by atoms with Crippen molar-refractivity contribution in [1.82, 2.24) is 5.06 Å². The normalized spacial score (nSPS) is 16.1. The molecular formula is C15H25NO2S. The third-order valence-corrected chi connectivity index (χ3v) is 4.51. The molecule has 0 unspecified atom stereocenters. The molecule has 0 atom stereocenters. The summed E-state index contributed by atoms with van der Waals surface area (Å²) < 4.78 is 0. The zero-order valence-corrected chi connectivity index (χ0v) is 13.7. The Hall–Kier alpha value is -0.870. The molecule has 2 rings (SSSR count). The van der Waals surface area contributed by atoms with Gasteiger partial charge >= 0.3 is 0 Å². The fraction of sp³-hybridized carbons (Fsp3) is 0.667. The van der Waals surface area contributed by atoms with Gasteiger partial charge in [-0.25, -0.2) is 5.06 Å². The molecule has 0 fully saturated rings. The first-order valence-corrected chi connectivity index (χ1v) is 7.74. The molecule has 3 nitrogen and oxygen atoms in total. The number of rotatable bonds is 2. The summed E-state index contributed by atoms with van der Waals surface area (Å²) in [5.74, 6) is -0.0292. The molecule has 0 aromatic carbocycles. The Labute approximate surface area is 120 Å². The number of carbonyl (C=O) groups is 1. The van der Waals surface area contributed by atoms with E-state index < -0.39 is 0 Å². The highest BCUT2D eigenvalue weighted by Crippen LogP contribution is 2.38. The summed E-state index contributed by atoms with van der Waals surface area (Å²) in [6.45, 7) is 8.58. The molecule has 1 aromatic heterocycles. The van der Waals surface area contributed by atoms with E-state index in [9.17, 15) is 4.79 Å². The van der Waals surface area contributed by atoms with E-state index in [2.05, 4.69) is 19.2 Å². The van der Waals surface area contributed by atoms with Gasteiger partial charge in [0.25, 0.3) is 5.91 Å². The van der Waals surface area contributed by atoms with Gasteiger partial charge in [-0.05, 0) is 41.2 Å². The molecule has 0 aliphatic heterocycles. The lowest BCUT2D eigenvalue weighted by Crippen LogP contribution is -2.27. The average Bonchev–Trinajstić information content (AvgIpc) is 2.80. The van der Waals surface area contributed by atoms with Crippen molar-refractivity contribution in [3.05, 3.63) is 21.4 Å². The fourth-order valence-electron chi connectivity index (χ4n) is 2.31. The van der Waals surface area contributed by atoms with E-state index in [0.717, 1.165) is 24.1 Å². The van der Waals surface area contributed by atoms with Crippen LogP contribution in [0.25, 0.3) is 0 Å². The van der Waals surface area contributed by atoms with E-state index >= 15 is 0 Å². The van der Waals surface area contributed by atoms with E-state index in [0.29, 0.717) is 5.41 Å². The van der Waals surface area contributed by atoms with Crippen molar-refractivity contribution in [2.75, 3.05) is 14.2 Å². The predicted octanol–water partition coefficient (Wildman–Crippen LogP) is 3.92. The summed E-state index contributed by atoms with van der Waals surface area (Å²) in [6, 6.07) is 0. The van der Waals surface area contributed by atoms with E-state index in [1.54, 1.807) is 18.4 Å². The SMILES string of the molecule is CC.CON(C)C(=O)c1scc2c1CCC(C)(C)C2. The first-order valence-electron chi connectivity index (χ1n) is 6.86. The number of hydrogen-bond acceptors (Lipinski definition) is 3. The zero-order chi connectivity index (χ0) is 14.6. The maximum atomic E-state index is 12.1. The molecule has 0 saturated heterocycles. The Kier molecular flexibility index (Phi) is 5.56.